The van der Waals surface area contributed by atoms with E-state index in [1.165, 1.54) is 10.7 Å². The monoisotopic (exact) mass is 378 g/mol. The maximum atomic E-state index is 13.0. The Labute approximate surface area is 157 Å². The summed E-state index contributed by atoms with van der Waals surface area (Å²) >= 11 is 0. The third-order valence-electron chi connectivity index (χ3n) is 5.79. The third-order valence-corrected chi connectivity index (χ3v) is 7.70. The summed E-state index contributed by atoms with van der Waals surface area (Å²) in [6.45, 7) is 3.65. The van der Waals surface area contributed by atoms with Gasteiger partial charge in [-0.05, 0) is 49.8 Å². The van der Waals surface area contributed by atoms with Gasteiger partial charge in [0.2, 0.25) is 10.0 Å². The van der Waals surface area contributed by atoms with Crippen molar-refractivity contribution in [3.63, 3.8) is 0 Å². The lowest BCUT2D eigenvalue weighted by atomic mass is 9.96. The van der Waals surface area contributed by atoms with Crippen LogP contribution < -0.4 is 0 Å². The highest BCUT2D eigenvalue weighted by Crippen LogP contribution is 2.27. The van der Waals surface area contributed by atoms with Crippen LogP contribution in [0.5, 0.6) is 0 Å². The van der Waals surface area contributed by atoms with E-state index >= 15 is 0 Å². The van der Waals surface area contributed by atoms with E-state index in [0.29, 0.717) is 11.5 Å². The van der Waals surface area contributed by atoms with Crippen LogP contribution in [0.4, 0.5) is 0 Å². The molecular formula is C20H30N2O3S. The smallest absolute Gasteiger partial charge is 0.253 e. The highest BCUT2D eigenvalue weighted by atomic mass is 32.2. The number of amides is 1. The fourth-order valence-electron chi connectivity index (χ4n) is 4.15. The van der Waals surface area contributed by atoms with Gasteiger partial charge in [-0.2, -0.15) is 4.31 Å². The molecule has 0 spiro atoms. The molecule has 1 amide bonds. The van der Waals surface area contributed by atoms with Crippen LogP contribution in [0.25, 0.3) is 0 Å². The molecule has 3 rings (SSSR count). The Hall–Kier alpha value is -1.40. The number of benzene rings is 1. The van der Waals surface area contributed by atoms with Gasteiger partial charge < -0.3 is 4.90 Å². The highest BCUT2D eigenvalue weighted by Gasteiger charge is 2.30. The molecule has 6 heteroatoms. The van der Waals surface area contributed by atoms with Crippen molar-refractivity contribution in [2.45, 2.75) is 62.8 Å². The Balaban J connectivity index is 1.80. The molecule has 1 aliphatic heterocycles. The number of carbonyl (C=O) groups excluding carboxylic acids is 1. The first-order chi connectivity index (χ1) is 12.4. The zero-order chi connectivity index (χ0) is 18.7. The topological polar surface area (TPSA) is 57.7 Å². The van der Waals surface area contributed by atoms with Gasteiger partial charge in [-0.3, -0.25) is 4.79 Å². The second-order valence-corrected chi connectivity index (χ2v) is 9.84. The Kier molecular flexibility index (Phi) is 6.03. The van der Waals surface area contributed by atoms with Crippen molar-refractivity contribution in [3.05, 3.63) is 29.8 Å². The molecule has 5 nitrogen and oxygen atoms in total. The van der Waals surface area contributed by atoms with E-state index in [9.17, 15) is 13.2 Å². The largest absolute Gasteiger partial charge is 0.338 e. The first-order valence-electron chi connectivity index (χ1n) is 9.77. The molecular weight excluding hydrogens is 348 g/mol. The molecule has 1 aromatic rings. The predicted molar refractivity (Wildman–Crippen MR) is 103 cm³/mol. The minimum atomic E-state index is -3.57. The SMILES string of the molecule is CC1CCCN(C(=O)c2cccc(S(=O)(=O)N(C)C3CCCCC3)c2)C1. The van der Waals surface area contributed by atoms with Gasteiger partial charge >= 0.3 is 0 Å². The molecule has 2 aliphatic rings. The van der Waals surface area contributed by atoms with Crippen molar-refractivity contribution in [1.82, 2.24) is 9.21 Å². The van der Waals surface area contributed by atoms with Crippen LogP contribution in [0.3, 0.4) is 0 Å². The highest BCUT2D eigenvalue weighted by molar-refractivity contribution is 7.89. The van der Waals surface area contributed by atoms with Crippen molar-refractivity contribution in [2.75, 3.05) is 20.1 Å². The molecule has 1 saturated carbocycles. The summed E-state index contributed by atoms with van der Waals surface area (Å²) in [4.78, 5) is 14.9. The minimum Gasteiger partial charge on any atom is -0.338 e. The molecule has 2 fully saturated rings. The number of hydrogen-bond acceptors (Lipinski definition) is 3. The molecule has 1 saturated heterocycles. The lowest BCUT2D eigenvalue weighted by Crippen LogP contribution is -2.39. The third kappa shape index (κ3) is 4.12. The lowest BCUT2D eigenvalue weighted by molar-refractivity contribution is 0.0683. The van der Waals surface area contributed by atoms with Crippen LogP contribution in [0.2, 0.25) is 0 Å². The number of rotatable bonds is 4. The number of sulfonamides is 1. The standard InChI is InChI=1S/C20H30N2O3S/c1-16-8-7-13-22(15-16)20(23)17-9-6-12-19(14-17)26(24,25)21(2)18-10-4-3-5-11-18/h6,9,12,14,16,18H,3-5,7-8,10-11,13,15H2,1-2H3. The summed E-state index contributed by atoms with van der Waals surface area (Å²) in [6.07, 6.45) is 7.33. The van der Waals surface area contributed by atoms with E-state index < -0.39 is 10.0 Å². The van der Waals surface area contributed by atoms with Crippen LogP contribution >= 0.6 is 0 Å². The Morgan fingerprint density at radius 3 is 2.54 bits per heavy atom. The molecule has 0 aromatic heterocycles. The Morgan fingerprint density at radius 1 is 1.12 bits per heavy atom. The number of piperidine rings is 1. The van der Waals surface area contributed by atoms with Gasteiger partial charge in [0, 0.05) is 31.7 Å². The summed E-state index contributed by atoms with van der Waals surface area (Å²) in [6, 6.07) is 6.63. The molecule has 1 aromatic carbocycles. The molecule has 0 radical (unpaired) electrons. The molecule has 0 N–H and O–H groups in total. The van der Waals surface area contributed by atoms with Crippen molar-refractivity contribution in [2.24, 2.45) is 5.92 Å². The number of likely N-dealkylation sites (tertiary alicyclic amines) is 1. The van der Waals surface area contributed by atoms with Gasteiger partial charge in [0.05, 0.1) is 4.90 Å². The van der Waals surface area contributed by atoms with Crippen LogP contribution in [0.1, 0.15) is 62.2 Å². The van der Waals surface area contributed by atoms with E-state index in [1.54, 1.807) is 31.3 Å². The minimum absolute atomic E-state index is 0.0612. The Morgan fingerprint density at radius 2 is 1.85 bits per heavy atom. The molecule has 26 heavy (non-hydrogen) atoms. The molecule has 1 aliphatic carbocycles. The van der Waals surface area contributed by atoms with Gasteiger partial charge in [0.25, 0.3) is 5.91 Å². The van der Waals surface area contributed by atoms with Gasteiger partial charge in [-0.15, -0.1) is 0 Å². The second kappa shape index (κ2) is 8.09. The molecule has 1 heterocycles. The summed E-state index contributed by atoms with van der Waals surface area (Å²) in [7, 11) is -1.90. The lowest BCUT2D eigenvalue weighted by Gasteiger charge is -2.31. The quantitative estimate of drug-likeness (QED) is 0.805. The van der Waals surface area contributed by atoms with E-state index in [2.05, 4.69) is 6.92 Å². The van der Waals surface area contributed by atoms with Crippen molar-refractivity contribution < 1.29 is 13.2 Å². The summed E-state index contributed by atoms with van der Waals surface area (Å²) in [5.74, 6) is 0.436. The van der Waals surface area contributed by atoms with Gasteiger partial charge in [0.15, 0.2) is 0 Å². The summed E-state index contributed by atoms with van der Waals surface area (Å²) in [5.41, 5.74) is 0.470. The van der Waals surface area contributed by atoms with Gasteiger partial charge in [0.1, 0.15) is 0 Å². The first kappa shape index (κ1) is 19.4. The van der Waals surface area contributed by atoms with Crippen molar-refractivity contribution in [1.29, 1.82) is 0 Å². The molecule has 1 atom stereocenters. The van der Waals surface area contributed by atoms with E-state index in [4.69, 9.17) is 0 Å². The Bertz CT molecular complexity index is 741. The zero-order valence-electron chi connectivity index (χ0n) is 15.9. The molecule has 0 bridgehead atoms. The average molecular weight is 379 g/mol. The fraction of sp³-hybridized carbons (Fsp3) is 0.650. The van der Waals surface area contributed by atoms with Crippen LogP contribution in [-0.2, 0) is 10.0 Å². The van der Waals surface area contributed by atoms with E-state index in [1.807, 2.05) is 4.90 Å². The average Bonchev–Trinajstić information content (AvgIpc) is 2.67. The van der Waals surface area contributed by atoms with Crippen molar-refractivity contribution in [3.8, 4) is 0 Å². The van der Waals surface area contributed by atoms with E-state index in [0.717, 1.165) is 51.6 Å². The number of carbonyl (C=O) groups is 1. The van der Waals surface area contributed by atoms with Crippen molar-refractivity contribution >= 4 is 15.9 Å². The maximum Gasteiger partial charge on any atom is 0.253 e. The number of nitrogens with zero attached hydrogens (tertiary/aromatic N) is 2. The normalized spacial score (nSPS) is 22.6. The van der Waals surface area contributed by atoms with Gasteiger partial charge in [-0.25, -0.2) is 8.42 Å². The predicted octanol–water partition coefficient (Wildman–Crippen LogP) is 3.51. The first-order valence-corrected chi connectivity index (χ1v) is 11.2. The van der Waals surface area contributed by atoms with Crippen LogP contribution in [0, 0.1) is 5.92 Å². The summed E-state index contributed by atoms with van der Waals surface area (Å²) < 4.78 is 27.6. The maximum absolute atomic E-state index is 13.0. The second-order valence-electron chi connectivity index (χ2n) is 7.84. The van der Waals surface area contributed by atoms with Crippen LogP contribution in [-0.4, -0.2) is 49.7 Å². The summed E-state index contributed by atoms with van der Waals surface area (Å²) in [5, 5.41) is 0. The molecule has 1 unspecified atom stereocenters. The number of hydrogen-bond donors (Lipinski definition) is 0. The van der Waals surface area contributed by atoms with Crippen LogP contribution in [0.15, 0.2) is 29.2 Å². The van der Waals surface area contributed by atoms with E-state index in [-0.39, 0.29) is 16.8 Å². The fourth-order valence-corrected chi connectivity index (χ4v) is 5.62. The van der Waals surface area contributed by atoms with Gasteiger partial charge in [-0.1, -0.05) is 32.3 Å². The zero-order valence-corrected chi connectivity index (χ0v) is 16.7. The molecule has 144 valence electrons.